The maximum atomic E-state index is 4.12. The lowest BCUT2D eigenvalue weighted by Crippen LogP contribution is -1.98. The van der Waals surface area contributed by atoms with E-state index in [4.69, 9.17) is 0 Å². The third kappa shape index (κ3) is 2.05. The Kier molecular flexibility index (Phi) is 2.44. The minimum atomic E-state index is 0.900. The molecule has 2 aromatic heterocycles. The van der Waals surface area contributed by atoms with Gasteiger partial charge in [-0.25, -0.2) is 4.98 Å². The van der Waals surface area contributed by atoms with Gasteiger partial charge in [0, 0.05) is 36.0 Å². The van der Waals surface area contributed by atoms with Crippen LogP contribution in [0.2, 0.25) is 0 Å². The summed E-state index contributed by atoms with van der Waals surface area (Å²) >= 11 is 0. The number of benzene rings is 1. The molecule has 0 N–H and O–H groups in total. The minimum absolute atomic E-state index is 0.900. The van der Waals surface area contributed by atoms with E-state index in [0.717, 1.165) is 12.5 Å². The summed E-state index contributed by atoms with van der Waals surface area (Å²) < 4.78 is 4.56. The number of hydrogen-bond acceptors (Lipinski definition) is 1. The smallest absolute Gasteiger partial charge is 0.0949 e. The molecule has 0 bridgehead atoms. The molecule has 19 heavy (non-hydrogen) atoms. The highest BCUT2D eigenvalue weighted by atomic mass is 15.0. The van der Waals surface area contributed by atoms with Gasteiger partial charge in [-0.2, -0.15) is 0 Å². The SMILES string of the molecule is c1ccc2c(c1)c(Cn1ccnc1)cn2CC1CC1. The van der Waals surface area contributed by atoms with Crippen molar-refractivity contribution in [3.63, 3.8) is 0 Å². The molecule has 0 saturated heterocycles. The molecule has 3 nitrogen and oxygen atoms in total. The third-order valence-electron chi connectivity index (χ3n) is 3.94. The molecule has 0 radical (unpaired) electrons. The van der Waals surface area contributed by atoms with Gasteiger partial charge in [-0.1, -0.05) is 18.2 Å². The van der Waals surface area contributed by atoms with Crippen LogP contribution < -0.4 is 0 Å². The van der Waals surface area contributed by atoms with E-state index in [1.165, 1.54) is 35.9 Å². The van der Waals surface area contributed by atoms with Gasteiger partial charge in [0.15, 0.2) is 0 Å². The molecule has 1 fully saturated rings. The zero-order valence-electron chi connectivity index (χ0n) is 10.9. The number of rotatable bonds is 4. The quantitative estimate of drug-likeness (QED) is 0.697. The van der Waals surface area contributed by atoms with Crippen LogP contribution in [-0.4, -0.2) is 14.1 Å². The zero-order valence-corrected chi connectivity index (χ0v) is 10.9. The lowest BCUT2D eigenvalue weighted by molar-refractivity contribution is 0.643. The van der Waals surface area contributed by atoms with E-state index in [0.29, 0.717) is 0 Å². The second kappa shape index (κ2) is 4.26. The Bertz CT molecular complexity index is 690. The summed E-state index contributed by atoms with van der Waals surface area (Å²) in [6, 6.07) is 8.72. The molecule has 3 heteroatoms. The standard InChI is InChI=1S/C16H17N3/c1-2-4-16-15(3-1)14(10-18-8-7-17-12-18)11-19(16)9-13-5-6-13/h1-4,7-8,11-13H,5-6,9-10H2. The number of para-hydroxylation sites is 1. The second-order valence-electron chi connectivity index (χ2n) is 5.50. The zero-order chi connectivity index (χ0) is 12.7. The Labute approximate surface area is 112 Å². The van der Waals surface area contributed by atoms with Gasteiger partial charge < -0.3 is 9.13 Å². The minimum Gasteiger partial charge on any atom is -0.347 e. The Balaban J connectivity index is 1.76. The van der Waals surface area contributed by atoms with Crippen LogP contribution in [-0.2, 0) is 13.1 Å². The average molecular weight is 251 g/mol. The Hall–Kier alpha value is -2.03. The monoisotopic (exact) mass is 251 g/mol. The summed E-state index contributed by atoms with van der Waals surface area (Å²) in [6.45, 7) is 2.07. The van der Waals surface area contributed by atoms with Gasteiger partial charge >= 0.3 is 0 Å². The highest BCUT2D eigenvalue weighted by molar-refractivity contribution is 5.84. The number of hydrogen-bond donors (Lipinski definition) is 0. The Morgan fingerprint density at radius 1 is 1.21 bits per heavy atom. The van der Waals surface area contributed by atoms with Crippen LogP contribution in [0.4, 0.5) is 0 Å². The first kappa shape index (κ1) is 10.9. The molecular formula is C16H17N3. The lowest BCUT2D eigenvalue weighted by Gasteiger charge is -2.02. The number of nitrogens with zero attached hydrogens (tertiary/aromatic N) is 3. The van der Waals surface area contributed by atoms with Gasteiger partial charge in [-0.15, -0.1) is 0 Å². The summed E-state index contributed by atoms with van der Waals surface area (Å²) in [5.74, 6) is 0.900. The van der Waals surface area contributed by atoms with Crippen molar-refractivity contribution in [2.24, 2.45) is 5.92 Å². The molecule has 0 amide bonds. The van der Waals surface area contributed by atoms with Crippen molar-refractivity contribution in [2.45, 2.75) is 25.9 Å². The largest absolute Gasteiger partial charge is 0.347 e. The fraction of sp³-hybridized carbons (Fsp3) is 0.312. The van der Waals surface area contributed by atoms with Gasteiger partial charge in [0.2, 0.25) is 0 Å². The molecule has 1 aliphatic carbocycles. The van der Waals surface area contributed by atoms with Crippen molar-refractivity contribution in [1.29, 1.82) is 0 Å². The highest BCUT2D eigenvalue weighted by Crippen LogP contribution is 2.33. The molecule has 1 aromatic carbocycles. The fourth-order valence-corrected chi connectivity index (χ4v) is 2.76. The third-order valence-corrected chi connectivity index (χ3v) is 3.94. The predicted molar refractivity (Wildman–Crippen MR) is 76.0 cm³/mol. The van der Waals surface area contributed by atoms with Crippen LogP contribution in [0.25, 0.3) is 10.9 Å². The van der Waals surface area contributed by atoms with Crippen LogP contribution in [0.1, 0.15) is 18.4 Å². The van der Waals surface area contributed by atoms with Crippen molar-refractivity contribution >= 4 is 10.9 Å². The molecule has 0 atom stereocenters. The van der Waals surface area contributed by atoms with Crippen LogP contribution in [0.5, 0.6) is 0 Å². The molecule has 2 heterocycles. The summed E-state index contributed by atoms with van der Waals surface area (Å²) in [5.41, 5.74) is 2.75. The van der Waals surface area contributed by atoms with Crippen LogP contribution in [0.3, 0.4) is 0 Å². The molecule has 1 saturated carbocycles. The first-order valence-electron chi connectivity index (χ1n) is 6.92. The summed E-state index contributed by atoms with van der Waals surface area (Å²) in [7, 11) is 0. The molecule has 1 aliphatic rings. The van der Waals surface area contributed by atoms with E-state index in [-0.39, 0.29) is 0 Å². The normalized spacial score (nSPS) is 15.2. The number of aromatic nitrogens is 3. The Morgan fingerprint density at radius 3 is 2.89 bits per heavy atom. The van der Waals surface area contributed by atoms with Crippen LogP contribution in [0.15, 0.2) is 49.2 Å². The van der Waals surface area contributed by atoms with Gasteiger partial charge in [0.25, 0.3) is 0 Å². The number of imidazole rings is 1. The highest BCUT2D eigenvalue weighted by Gasteiger charge is 2.22. The van der Waals surface area contributed by atoms with Crippen molar-refractivity contribution in [2.75, 3.05) is 0 Å². The van der Waals surface area contributed by atoms with Crippen LogP contribution in [0, 0.1) is 5.92 Å². The summed E-state index contributed by atoms with van der Waals surface area (Å²) in [4.78, 5) is 4.12. The van der Waals surface area contributed by atoms with Crippen molar-refractivity contribution in [1.82, 2.24) is 14.1 Å². The first-order valence-corrected chi connectivity index (χ1v) is 6.92. The fourth-order valence-electron chi connectivity index (χ4n) is 2.76. The van der Waals surface area contributed by atoms with E-state index in [1.54, 1.807) is 0 Å². The van der Waals surface area contributed by atoms with E-state index in [9.17, 15) is 0 Å². The lowest BCUT2D eigenvalue weighted by atomic mass is 10.2. The first-order chi connectivity index (χ1) is 9.40. The average Bonchev–Trinajstić information content (AvgIpc) is 2.98. The van der Waals surface area contributed by atoms with Gasteiger partial charge in [0.05, 0.1) is 12.9 Å². The van der Waals surface area contributed by atoms with Crippen molar-refractivity contribution in [3.8, 4) is 0 Å². The summed E-state index contributed by atoms with van der Waals surface area (Å²) in [5, 5.41) is 1.37. The van der Waals surface area contributed by atoms with Crippen molar-refractivity contribution < 1.29 is 0 Å². The second-order valence-corrected chi connectivity index (χ2v) is 5.50. The molecule has 4 rings (SSSR count). The van der Waals surface area contributed by atoms with Crippen LogP contribution >= 0.6 is 0 Å². The summed E-state index contributed by atoms with van der Waals surface area (Å²) in [6.07, 6.45) is 10.8. The van der Waals surface area contributed by atoms with E-state index in [1.807, 2.05) is 18.7 Å². The number of fused-ring (bicyclic) bond motifs is 1. The van der Waals surface area contributed by atoms with E-state index >= 15 is 0 Å². The maximum absolute atomic E-state index is 4.12. The molecule has 3 aromatic rings. The molecule has 0 spiro atoms. The van der Waals surface area contributed by atoms with Gasteiger partial charge in [-0.05, 0) is 30.4 Å². The van der Waals surface area contributed by atoms with E-state index in [2.05, 4.69) is 44.6 Å². The topological polar surface area (TPSA) is 22.8 Å². The maximum Gasteiger partial charge on any atom is 0.0949 e. The van der Waals surface area contributed by atoms with E-state index < -0.39 is 0 Å². The van der Waals surface area contributed by atoms with Gasteiger partial charge in [0.1, 0.15) is 0 Å². The molecule has 0 unspecified atom stereocenters. The Morgan fingerprint density at radius 2 is 2.11 bits per heavy atom. The molecule has 96 valence electrons. The predicted octanol–water partition coefficient (Wildman–Crippen LogP) is 3.30. The van der Waals surface area contributed by atoms with Crippen molar-refractivity contribution in [3.05, 3.63) is 54.7 Å². The van der Waals surface area contributed by atoms with Gasteiger partial charge in [-0.3, -0.25) is 0 Å². The molecular weight excluding hydrogens is 234 g/mol. The molecule has 0 aliphatic heterocycles.